The maximum absolute atomic E-state index is 10.9. The highest BCUT2D eigenvalue weighted by atomic mass is 16.4. The lowest BCUT2D eigenvalue weighted by Gasteiger charge is -2.36. The molecule has 0 bridgehead atoms. The van der Waals surface area contributed by atoms with Crippen molar-refractivity contribution in [1.82, 2.24) is 9.80 Å². The van der Waals surface area contributed by atoms with E-state index in [1.54, 1.807) is 13.0 Å². The van der Waals surface area contributed by atoms with E-state index in [0.717, 1.165) is 31.7 Å². The number of carboxylic acid groups (broad SMARTS) is 1. The van der Waals surface area contributed by atoms with E-state index in [1.807, 2.05) is 23.1 Å². The number of carbonyl (C=O) groups is 1. The second-order valence-corrected chi connectivity index (χ2v) is 4.96. The van der Waals surface area contributed by atoms with E-state index in [4.69, 9.17) is 5.11 Å². The number of phenolic OH excluding ortho intramolecular Hbond substituents is 1. The molecule has 0 saturated carbocycles. The van der Waals surface area contributed by atoms with Crippen molar-refractivity contribution in [2.45, 2.75) is 19.5 Å². The summed E-state index contributed by atoms with van der Waals surface area (Å²) in [7, 11) is 0. The topological polar surface area (TPSA) is 64.0 Å². The number of hydrogen-bond donors (Lipinski definition) is 2. The first-order valence-electron chi connectivity index (χ1n) is 6.54. The second kappa shape index (κ2) is 6.04. The van der Waals surface area contributed by atoms with Gasteiger partial charge in [0, 0.05) is 38.3 Å². The summed E-state index contributed by atoms with van der Waals surface area (Å²) in [6, 6.07) is 6.91. The molecule has 1 unspecified atom stereocenters. The van der Waals surface area contributed by atoms with Gasteiger partial charge in [-0.15, -0.1) is 0 Å². The van der Waals surface area contributed by atoms with Crippen LogP contribution in [0.5, 0.6) is 5.75 Å². The molecule has 104 valence electrons. The molecule has 1 aliphatic heterocycles. The van der Waals surface area contributed by atoms with E-state index in [9.17, 15) is 9.90 Å². The second-order valence-electron chi connectivity index (χ2n) is 4.96. The predicted molar refractivity (Wildman–Crippen MR) is 72.1 cm³/mol. The van der Waals surface area contributed by atoms with Gasteiger partial charge in [0.05, 0.1) is 0 Å². The third-order valence-electron chi connectivity index (χ3n) is 3.70. The van der Waals surface area contributed by atoms with Gasteiger partial charge in [0.15, 0.2) is 0 Å². The van der Waals surface area contributed by atoms with Gasteiger partial charge in [0.1, 0.15) is 11.8 Å². The highest BCUT2D eigenvalue weighted by Gasteiger charge is 2.25. The third-order valence-corrected chi connectivity index (χ3v) is 3.70. The molecule has 0 aromatic heterocycles. The van der Waals surface area contributed by atoms with E-state index in [-0.39, 0.29) is 0 Å². The summed E-state index contributed by atoms with van der Waals surface area (Å²) in [6.07, 6.45) is 0. The van der Waals surface area contributed by atoms with Crippen molar-refractivity contribution in [1.29, 1.82) is 0 Å². The first-order chi connectivity index (χ1) is 9.08. The number of aromatic hydroxyl groups is 1. The van der Waals surface area contributed by atoms with E-state index in [2.05, 4.69) is 4.90 Å². The summed E-state index contributed by atoms with van der Waals surface area (Å²) < 4.78 is 0. The van der Waals surface area contributed by atoms with Gasteiger partial charge in [-0.25, -0.2) is 0 Å². The Morgan fingerprint density at radius 2 is 1.89 bits per heavy atom. The zero-order valence-corrected chi connectivity index (χ0v) is 11.1. The smallest absolute Gasteiger partial charge is 0.320 e. The fourth-order valence-corrected chi connectivity index (χ4v) is 2.35. The molecular formula is C14H20N2O3. The molecule has 1 aliphatic rings. The zero-order chi connectivity index (χ0) is 13.8. The Morgan fingerprint density at radius 1 is 1.26 bits per heavy atom. The average Bonchev–Trinajstić information content (AvgIpc) is 2.41. The number of para-hydroxylation sites is 1. The van der Waals surface area contributed by atoms with Crippen LogP contribution in [0.15, 0.2) is 24.3 Å². The predicted octanol–water partition coefficient (Wildman–Crippen LogP) is 0.983. The fraction of sp³-hybridized carbons (Fsp3) is 0.500. The van der Waals surface area contributed by atoms with Gasteiger partial charge in [-0.1, -0.05) is 18.2 Å². The maximum atomic E-state index is 10.9. The lowest BCUT2D eigenvalue weighted by molar-refractivity contribution is -0.143. The van der Waals surface area contributed by atoms with Crippen molar-refractivity contribution in [2.24, 2.45) is 0 Å². The molecule has 0 spiro atoms. The van der Waals surface area contributed by atoms with Gasteiger partial charge in [-0.3, -0.25) is 14.6 Å². The Hall–Kier alpha value is -1.59. The molecule has 1 fully saturated rings. The van der Waals surface area contributed by atoms with Crippen LogP contribution in [-0.4, -0.2) is 58.2 Å². The molecule has 1 saturated heterocycles. The highest BCUT2D eigenvalue weighted by molar-refractivity contribution is 5.72. The summed E-state index contributed by atoms with van der Waals surface area (Å²) in [5.41, 5.74) is 0.919. The quantitative estimate of drug-likeness (QED) is 0.849. The standard InChI is InChI=1S/C14H20N2O3/c1-11(14(18)19)16-8-6-15(7-9-16)10-12-4-2-3-5-13(12)17/h2-5,11,17H,6-10H2,1H3,(H,18,19). The van der Waals surface area contributed by atoms with Crippen molar-refractivity contribution in [3.8, 4) is 5.75 Å². The molecule has 5 heteroatoms. The number of rotatable bonds is 4. The molecular weight excluding hydrogens is 244 g/mol. The van der Waals surface area contributed by atoms with Gasteiger partial charge in [-0.2, -0.15) is 0 Å². The number of carboxylic acids is 1. The lowest BCUT2D eigenvalue weighted by Crippen LogP contribution is -2.51. The Bertz CT molecular complexity index is 442. The van der Waals surface area contributed by atoms with Crippen molar-refractivity contribution in [3.63, 3.8) is 0 Å². The monoisotopic (exact) mass is 264 g/mol. The molecule has 19 heavy (non-hydrogen) atoms. The summed E-state index contributed by atoms with van der Waals surface area (Å²) >= 11 is 0. The zero-order valence-electron chi connectivity index (χ0n) is 11.1. The van der Waals surface area contributed by atoms with Gasteiger partial charge >= 0.3 is 5.97 Å². The number of piperazine rings is 1. The minimum Gasteiger partial charge on any atom is -0.508 e. The van der Waals surface area contributed by atoms with E-state index >= 15 is 0 Å². The molecule has 2 rings (SSSR count). The van der Waals surface area contributed by atoms with Crippen LogP contribution in [0.3, 0.4) is 0 Å². The molecule has 0 amide bonds. The van der Waals surface area contributed by atoms with Crippen LogP contribution < -0.4 is 0 Å². The van der Waals surface area contributed by atoms with Crippen molar-refractivity contribution >= 4 is 5.97 Å². The Morgan fingerprint density at radius 3 is 2.47 bits per heavy atom. The maximum Gasteiger partial charge on any atom is 0.320 e. The summed E-state index contributed by atoms with van der Waals surface area (Å²) in [4.78, 5) is 15.1. The first kappa shape index (κ1) is 13.8. The van der Waals surface area contributed by atoms with E-state index in [0.29, 0.717) is 12.3 Å². The molecule has 0 radical (unpaired) electrons. The van der Waals surface area contributed by atoms with Crippen molar-refractivity contribution < 1.29 is 15.0 Å². The Kier molecular flexibility index (Phi) is 4.39. The molecule has 5 nitrogen and oxygen atoms in total. The lowest BCUT2D eigenvalue weighted by atomic mass is 10.1. The summed E-state index contributed by atoms with van der Waals surface area (Å²) in [6.45, 7) is 5.59. The fourth-order valence-electron chi connectivity index (χ4n) is 2.35. The first-order valence-corrected chi connectivity index (χ1v) is 6.54. The Labute approximate surface area is 113 Å². The molecule has 1 aromatic rings. The van der Waals surface area contributed by atoms with Crippen LogP contribution in [0.25, 0.3) is 0 Å². The van der Waals surface area contributed by atoms with Crippen LogP contribution in [0, 0.1) is 0 Å². The van der Waals surface area contributed by atoms with Gasteiger partial charge < -0.3 is 10.2 Å². The highest BCUT2D eigenvalue weighted by Crippen LogP contribution is 2.18. The number of phenols is 1. The summed E-state index contributed by atoms with van der Waals surface area (Å²) in [5.74, 6) is -0.446. The summed E-state index contributed by atoms with van der Waals surface area (Å²) in [5, 5.41) is 18.7. The van der Waals surface area contributed by atoms with Crippen LogP contribution in [0.4, 0.5) is 0 Å². The van der Waals surface area contributed by atoms with Crippen LogP contribution >= 0.6 is 0 Å². The number of hydrogen-bond acceptors (Lipinski definition) is 4. The number of nitrogens with zero attached hydrogens (tertiary/aromatic N) is 2. The van der Waals surface area contributed by atoms with Crippen molar-refractivity contribution in [2.75, 3.05) is 26.2 Å². The minimum absolute atomic E-state index is 0.323. The van der Waals surface area contributed by atoms with E-state index < -0.39 is 12.0 Å². The Balaban J connectivity index is 1.87. The minimum atomic E-state index is -0.769. The normalized spacial score (nSPS) is 19.2. The molecule has 1 atom stereocenters. The van der Waals surface area contributed by atoms with Crippen molar-refractivity contribution in [3.05, 3.63) is 29.8 Å². The van der Waals surface area contributed by atoms with Crippen LogP contribution in [0.2, 0.25) is 0 Å². The third kappa shape index (κ3) is 3.45. The van der Waals surface area contributed by atoms with Gasteiger partial charge in [-0.05, 0) is 13.0 Å². The molecule has 2 N–H and O–H groups in total. The molecule has 1 heterocycles. The SMILES string of the molecule is CC(C(=O)O)N1CCN(Cc2ccccc2O)CC1. The molecule has 0 aliphatic carbocycles. The molecule has 1 aromatic carbocycles. The largest absolute Gasteiger partial charge is 0.508 e. The van der Waals surface area contributed by atoms with Crippen LogP contribution in [-0.2, 0) is 11.3 Å². The number of benzene rings is 1. The van der Waals surface area contributed by atoms with E-state index in [1.165, 1.54) is 0 Å². The van der Waals surface area contributed by atoms with Gasteiger partial charge in [0.2, 0.25) is 0 Å². The van der Waals surface area contributed by atoms with Crippen LogP contribution in [0.1, 0.15) is 12.5 Å². The number of aliphatic carboxylic acids is 1. The average molecular weight is 264 g/mol. The van der Waals surface area contributed by atoms with Gasteiger partial charge in [0.25, 0.3) is 0 Å².